The highest BCUT2D eigenvalue weighted by atomic mass is 35.5. The topological polar surface area (TPSA) is 78.3 Å². The van der Waals surface area contributed by atoms with Crippen molar-refractivity contribution in [2.75, 3.05) is 11.9 Å². The first kappa shape index (κ1) is 25.5. The largest absolute Gasteiger partial charge is 0.490 e. The standard InChI is InChI=1S/C30H26Cl2N4O3/c1-2-38-26-15-19(11-14-25(26)39-17-18-7-4-3-5-8-18)28-27-23(9-6-10-24(27)37)33-30-34-29(35-36(28)30)21-13-12-20(31)16-22(21)32/h3-5,7-8,11-16,28H,2,6,9-10,17H2,1H3,(H,33,34,35). The van der Waals surface area contributed by atoms with Crippen molar-refractivity contribution >= 4 is 34.9 Å². The van der Waals surface area contributed by atoms with Crippen LogP contribution in [0.1, 0.15) is 43.4 Å². The molecule has 0 saturated carbocycles. The van der Waals surface area contributed by atoms with E-state index in [0.717, 1.165) is 29.7 Å². The molecule has 0 bridgehead atoms. The lowest BCUT2D eigenvalue weighted by Gasteiger charge is -2.32. The summed E-state index contributed by atoms with van der Waals surface area (Å²) in [4.78, 5) is 18.0. The molecule has 1 atom stereocenters. The maximum atomic E-state index is 13.3. The van der Waals surface area contributed by atoms with Gasteiger partial charge in [0.05, 0.1) is 11.6 Å². The summed E-state index contributed by atoms with van der Waals surface area (Å²) in [5, 5.41) is 9.17. The molecule has 39 heavy (non-hydrogen) atoms. The fourth-order valence-electron chi connectivity index (χ4n) is 5.07. The van der Waals surface area contributed by atoms with E-state index in [9.17, 15) is 4.79 Å². The molecule has 0 radical (unpaired) electrons. The number of ether oxygens (including phenoxy) is 2. The van der Waals surface area contributed by atoms with Gasteiger partial charge in [0.15, 0.2) is 23.1 Å². The summed E-state index contributed by atoms with van der Waals surface area (Å²) in [6.45, 7) is 2.82. The number of Topliss-reactive ketones (excluding diaryl/α,β-unsaturated/α-hetero) is 1. The van der Waals surface area contributed by atoms with Crippen molar-refractivity contribution in [1.82, 2.24) is 14.8 Å². The van der Waals surface area contributed by atoms with Gasteiger partial charge in [-0.2, -0.15) is 4.98 Å². The van der Waals surface area contributed by atoms with Crippen LogP contribution >= 0.6 is 23.2 Å². The van der Waals surface area contributed by atoms with Crippen molar-refractivity contribution in [2.45, 2.75) is 38.8 Å². The number of ketones is 1. The third kappa shape index (κ3) is 5.00. The Morgan fingerprint density at radius 1 is 1.00 bits per heavy atom. The average molecular weight is 561 g/mol. The minimum atomic E-state index is -0.473. The summed E-state index contributed by atoms with van der Waals surface area (Å²) in [7, 11) is 0. The summed E-state index contributed by atoms with van der Waals surface area (Å²) in [5.41, 5.74) is 4.16. The number of rotatable bonds is 7. The Labute approximate surface area is 236 Å². The fraction of sp³-hybridized carbons (Fsp3) is 0.233. The first-order valence-electron chi connectivity index (χ1n) is 12.9. The smallest absolute Gasteiger partial charge is 0.226 e. The van der Waals surface area contributed by atoms with E-state index in [1.165, 1.54) is 0 Å². The number of anilines is 1. The summed E-state index contributed by atoms with van der Waals surface area (Å²) in [6, 6.07) is 20.5. The van der Waals surface area contributed by atoms with Crippen LogP contribution in [0.25, 0.3) is 11.4 Å². The molecule has 1 N–H and O–H groups in total. The van der Waals surface area contributed by atoms with Gasteiger partial charge >= 0.3 is 0 Å². The van der Waals surface area contributed by atoms with Crippen molar-refractivity contribution in [3.05, 3.63) is 99.2 Å². The Morgan fingerprint density at radius 3 is 2.64 bits per heavy atom. The van der Waals surface area contributed by atoms with Crippen molar-refractivity contribution in [3.8, 4) is 22.9 Å². The van der Waals surface area contributed by atoms with Gasteiger partial charge in [-0.1, -0.05) is 59.6 Å². The minimum Gasteiger partial charge on any atom is -0.490 e. The number of carbonyl (C=O) groups is 1. The molecule has 1 aliphatic carbocycles. The molecular weight excluding hydrogens is 535 g/mol. The van der Waals surface area contributed by atoms with Gasteiger partial charge in [0.2, 0.25) is 5.95 Å². The number of allylic oxidation sites excluding steroid dienone is 2. The zero-order chi connectivity index (χ0) is 26.9. The van der Waals surface area contributed by atoms with Gasteiger partial charge in [-0.3, -0.25) is 4.79 Å². The van der Waals surface area contributed by atoms with Gasteiger partial charge in [-0.05, 0) is 61.2 Å². The van der Waals surface area contributed by atoms with Gasteiger partial charge in [0.1, 0.15) is 12.6 Å². The summed E-state index contributed by atoms with van der Waals surface area (Å²) in [5.74, 6) is 2.34. The predicted octanol–water partition coefficient (Wildman–Crippen LogP) is 7.25. The van der Waals surface area contributed by atoms with E-state index < -0.39 is 6.04 Å². The van der Waals surface area contributed by atoms with E-state index in [0.29, 0.717) is 64.1 Å². The summed E-state index contributed by atoms with van der Waals surface area (Å²) >= 11 is 12.6. The van der Waals surface area contributed by atoms with Gasteiger partial charge in [-0.25, -0.2) is 4.68 Å². The Balaban J connectivity index is 1.42. The number of nitrogens with one attached hydrogen (secondary N) is 1. The zero-order valence-corrected chi connectivity index (χ0v) is 22.8. The van der Waals surface area contributed by atoms with Gasteiger partial charge < -0.3 is 14.8 Å². The van der Waals surface area contributed by atoms with E-state index in [-0.39, 0.29) is 5.78 Å². The number of carbonyl (C=O) groups excluding carboxylic acids is 1. The first-order valence-corrected chi connectivity index (χ1v) is 13.7. The Kier molecular flexibility index (Phi) is 7.02. The number of hydrogen-bond acceptors (Lipinski definition) is 6. The van der Waals surface area contributed by atoms with Crippen LogP contribution in [-0.2, 0) is 11.4 Å². The predicted molar refractivity (Wildman–Crippen MR) is 152 cm³/mol. The number of nitrogens with zero attached hydrogens (tertiary/aromatic N) is 3. The molecule has 0 spiro atoms. The van der Waals surface area contributed by atoms with E-state index in [1.54, 1.807) is 22.9 Å². The van der Waals surface area contributed by atoms with Gasteiger partial charge in [0.25, 0.3) is 0 Å². The molecule has 0 fully saturated rings. The van der Waals surface area contributed by atoms with Crippen LogP contribution in [0.4, 0.5) is 5.95 Å². The maximum Gasteiger partial charge on any atom is 0.226 e. The quantitative estimate of drug-likeness (QED) is 0.256. The number of fused-ring (bicyclic) bond motifs is 1. The Morgan fingerprint density at radius 2 is 1.85 bits per heavy atom. The second-order valence-electron chi connectivity index (χ2n) is 9.44. The molecule has 198 valence electrons. The van der Waals surface area contributed by atoms with E-state index >= 15 is 0 Å². The molecule has 1 aromatic heterocycles. The number of aromatic nitrogens is 3. The fourth-order valence-corrected chi connectivity index (χ4v) is 5.56. The molecule has 4 aromatic rings. The van der Waals surface area contributed by atoms with Crippen LogP contribution in [0.2, 0.25) is 10.0 Å². The maximum absolute atomic E-state index is 13.3. The van der Waals surface area contributed by atoms with E-state index in [1.807, 2.05) is 55.5 Å². The zero-order valence-electron chi connectivity index (χ0n) is 21.3. The lowest BCUT2D eigenvalue weighted by atomic mass is 9.85. The first-order chi connectivity index (χ1) is 19.0. The van der Waals surface area contributed by atoms with Crippen LogP contribution in [0.5, 0.6) is 11.5 Å². The molecule has 7 nitrogen and oxygen atoms in total. The highest BCUT2D eigenvalue weighted by Gasteiger charge is 2.37. The lowest BCUT2D eigenvalue weighted by Crippen LogP contribution is -2.31. The number of halogens is 2. The van der Waals surface area contributed by atoms with Crippen LogP contribution in [0.15, 0.2) is 78.0 Å². The van der Waals surface area contributed by atoms with Crippen LogP contribution in [0, 0.1) is 0 Å². The van der Waals surface area contributed by atoms with Crippen LogP contribution in [0.3, 0.4) is 0 Å². The molecule has 0 amide bonds. The second kappa shape index (κ2) is 10.8. The lowest BCUT2D eigenvalue weighted by molar-refractivity contribution is -0.116. The minimum absolute atomic E-state index is 0.100. The average Bonchev–Trinajstić information content (AvgIpc) is 3.35. The third-order valence-corrected chi connectivity index (χ3v) is 7.41. The van der Waals surface area contributed by atoms with Crippen molar-refractivity contribution < 1.29 is 14.3 Å². The highest BCUT2D eigenvalue weighted by Crippen LogP contribution is 2.43. The van der Waals surface area contributed by atoms with Gasteiger partial charge in [0, 0.05) is 28.3 Å². The molecule has 2 aliphatic rings. The number of hydrogen-bond donors (Lipinski definition) is 1. The Hall–Kier alpha value is -3.81. The molecule has 9 heteroatoms. The molecule has 0 saturated heterocycles. The molecule has 1 unspecified atom stereocenters. The van der Waals surface area contributed by atoms with E-state index in [4.69, 9.17) is 42.8 Å². The number of benzene rings is 3. The summed E-state index contributed by atoms with van der Waals surface area (Å²) < 4.78 is 13.9. The SMILES string of the molecule is CCOc1cc(C2C3=C(CCCC3=O)Nc3nc(-c4ccc(Cl)cc4Cl)nn32)ccc1OCc1ccccc1. The second-order valence-corrected chi connectivity index (χ2v) is 10.3. The van der Waals surface area contributed by atoms with Crippen LogP contribution < -0.4 is 14.8 Å². The summed E-state index contributed by atoms with van der Waals surface area (Å²) in [6.07, 6.45) is 2.05. The van der Waals surface area contributed by atoms with Gasteiger partial charge in [-0.15, -0.1) is 5.10 Å². The molecular formula is C30H26Cl2N4O3. The Bertz CT molecular complexity index is 1580. The van der Waals surface area contributed by atoms with E-state index in [2.05, 4.69) is 5.32 Å². The third-order valence-electron chi connectivity index (χ3n) is 6.86. The van der Waals surface area contributed by atoms with Crippen LogP contribution in [-0.4, -0.2) is 27.2 Å². The highest BCUT2D eigenvalue weighted by molar-refractivity contribution is 6.36. The molecule has 6 rings (SSSR count). The van der Waals surface area contributed by atoms with Crippen molar-refractivity contribution in [3.63, 3.8) is 0 Å². The monoisotopic (exact) mass is 560 g/mol. The molecule has 3 aromatic carbocycles. The molecule has 2 heterocycles. The van der Waals surface area contributed by atoms with Crippen molar-refractivity contribution in [1.29, 1.82) is 0 Å². The molecule has 1 aliphatic heterocycles. The normalized spacial score (nSPS) is 16.4. The van der Waals surface area contributed by atoms with Crippen molar-refractivity contribution in [2.24, 2.45) is 0 Å².